The van der Waals surface area contributed by atoms with Crippen molar-refractivity contribution in [1.82, 2.24) is 0 Å². The van der Waals surface area contributed by atoms with Gasteiger partial charge in [-0.1, -0.05) is 48.6 Å². The lowest BCUT2D eigenvalue weighted by Gasteiger charge is -2.13. The molecule has 0 bridgehead atoms. The van der Waals surface area contributed by atoms with E-state index in [0.29, 0.717) is 23.3 Å². The molecule has 0 aliphatic rings. The number of methoxy groups -OCH3 is 3. The molecule has 0 unspecified atom stereocenters. The monoisotopic (exact) mass is 404 g/mol. The van der Waals surface area contributed by atoms with E-state index >= 15 is 0 Å². The molecule has 154 valence electrons. The zero-order valence-corrected chi connectivity index (χ0v) is 17.2. The maximum absolute atomic E-state index is 12.4. The summed E-state index contributed by atoms with van der Waals surface area (Å²) in [4.78, 5) is 12.4. The number of carbonyl (C=O) groups is 1. The molecular weight excluding hydrogens is 380 g/mol. The maximum Gasteiger partial charge on any atom is 0.342 e. The number of aromatic hydroxyl groups is 1. The third-order valence-electron chi connectivity index (χ3n) is 4.82. The number of rotatable bonds is 7. The number of esters is 1. The summed E-state index contributed by atoms with van der Waals surface area (Å²) in [5, 5.41) is 10.8. The Balaban J connectivity index is 1.90. The summed E-state index contributed by atoms with van der Waals surface area (Å²) in [5.74, 6) is 0.846. The number of allylic oxidation sites excluding steroid dienone is 1. The van der Waals surface area contributed by atoms with E-state index < -0.39 is 5.97 Å². The van der Waals surface area contributed by atoms with Gasteiger partial charge in [-0.05, 0) is 52.9 Å². The van der Waals surface area contributed by atoms with E-state index in [-0.39, 0.29) is 11.3 Å². The number of benzene rings is 3. The van der Waals surface area contributed by atoms with Gasteiger partial charge in [-0.3, -0.25) is 0 Å². The highest BCUT2D eigenvalue weighted by Gasteiger charge is 2.20. The van der Waals surface area contributed by atoms with Gasteiger partial charge in [-0.15, -0.1) is 0 Å². The molecule has 3 aromatic rings. The fraction of sp³-hybridized carbons (Fsp3) is 0.160. The molecule has 5 heteroatoms. The Morgan fingerprint density at radius 3 is 2.03 bits per heavy atom. The van der Waals surface area contributed by atoms with Crippen molar-refractivity contribution in [2.45, 2.75) is 6.42 Å². The first-order valence-electron chi connectivity index (χ1n) is 9.45. The lowest BCUT2D eigenvalue weighted by molar-refractivity contribution is 0.0598. The molecule has 3 rings (SSSR count). The first kappa shape index (κ1) is 21.0. The lowest BCUT2D eigenvalue weighted by atomic mass is 9.95. The van der Waals surface area contributed by atoms with Crippen molar-refractivity contribution in [1.29, 1.82) is 0 Å². The van der Waals surface area contributed by atoms with Crippen molar-refractivity contribution in [3.05, 3.63) is 83.4 Å². The molecule has 0 saturated heterocycles. The molecule has 30 heavy (non-hydrogen) atoms. The van der Waals surface area contributed by atoms with Crippen molar-refractivity contribution in [2.24, 2.45) is 0 Å². The highest BCUT2D eigenvalue weighted by molar-refractivity contribution is 6.00. The van der Waals surface area contributed by atoms with E-state index in [4.69, 9.17) is 14.2 Å². The van der Waals surface area contributed by atoms with Gasteiger partial charge >= 0.3 is 5.97 Å². The van der Waals surface area contributed by atoms with E-state index in [1.807, 2.05) is 60.7 Å². The van der Waals surface area contributed by atoms with Gasteiger partial charge in [0.25, 0.3) is 0 Å². The van der Waals surface area contributed by atoms with Crippen LogP contribution in [0.1, 0.15) is 21.5 Å². The summed E-state index contributed by atoms with van der Waals surface area (Å²) in [6.45, 7) is 0. The van der Waals surface area contributed by atoms with Crippen LogP contribution in [0.4, 0.5) is 0 Å². The van der Waals surface area contributed by atoms with Crippen molar-refractivity contribution >= 4 is 12.0 Å². The van der Waals surface area contributed by atoms with E-state index in [0.717, 1.165) is 16.9 Å². The normalized spacial score (nSPS) is 10.8. The number of carbonyl (C=O) groups excluding carboxylic acids is 1. The molecule has 5 nitrogen and oxygen atoms in total. The summed E-state index contributed by atoms with van der Waals surface area (Å²) in [6.07, 6.45) is 4.35. The molecule has 0 heterocycles. The highest BCUT2D eigenvalue weighted by atomic mass is 16.5. The van der Waals surface area contributed by atoms with Crippen molar-refractivity contribution < 1.29 is 24.1 Å². The molecule has 3 aromatic carbocycles. The van der Waals surface area contributed by atoms with Crippen molar-refractivity contribution in [3.63, 3.8) is 0 Å². The first-order chi connectivity index (χ1) is 14.6. The second-order valence-electron chi connectivity index (χ2n) is 6.60. The van der Waals surface area contributed by atoms with Gasteiger partial charge in [0.15, 0.2) is 0 Å². The van der Waals surface area contributed by atoms with Crippen LogP contribution in [0.3, 0.4) is 0 Å². The molecule has 0 amide bonds. The Kier molecular flexibility index (Phi) is 6.75. The Hall–Kier alpha value is -3.73. The highest BCUT2D eigenvalue weighted by Crippen LogP contribution is 2.35. The first-order valence-corrected chi connectivity index (χ1v) is 9.45. The van der Waals surface area contributed by atoms with Crippen molar-refractivity contribution in [3.8, 4) is 28.4 Å². The summed E-state index contributed by atoms with van der Waals surface area (Å²) in [6, 6.07) is 18.6. The van der Waals surface area contributed by atoms with Crippen LogP contribution in [-0.2, 0) is 11.2 Å². The molecule has 0 saturated carbocycles. The quantitative estimate of drug-likeness (QED) is 0.554. The molecule has 0 aromatic heterocycles. The predicted molar refractivity (Wildman–Crippen MR) is 117 cm³/mol. The van der Waals surface area contributed by atoms with Crippen LogP contribution in [0.2, 0.25) is 0 Å². The third kappa shape index (κ3) is 4.63. The molecule has 0 spiro atoms. The van der Waals surface area contributed by atoms with Crippen molar-refractivity contribution in [2.75, 3.05) is 21.3 Å². The number of ether oxygens (including phenoxy) is 3. The van der Waals surface area contributed by atoms with Gasteiger partial charge in [0.2, 0.25) is 0 Å². The Labute approximate surface area is 176 Å². The largest absolute Gasteiger partial charge is 0.507 e. The van der Waals surface area contributed by atoms with E-state index in [1.165, 1.54) is 7.11 Å². The standard InChI is InChI=1S/C25H24O5/c1-28-20-12-7-17(8-13-20)5-4-6-19-11-16-22(23(24(19)26)25(27)30-3)18-9-14-21(29-2)15-10-18/h4-5,7-16,26H,6H2,1-3H3/b5-4+. The number of hydrogen-bond donors (Lipinski definition) is 1. The minimum atomic E-state index is -0.584. The second kappa shape index (κ2) is 9.65. The van der Waals surface area contributed by atoms with Gasteiger partial charge in [-0.25, -0.2) is 4.79 Å². The number of hydrogen-bond acceptors (Lipinski definition) is 5. The van der Waals surface area contributed by atoms with Crippen LogP contribution >= 0.6 is 0 Å². The molecule has 0 fully saturated rings. The molecule has 0 aliphatic carbocycles. The Morgan fingerprint density at radius 2 is 1.47 bits per heavy atom. The SMILES string of the molecule is COC(=O)c1c(-c2ccc(OC)cc2)ccc(C/C=C/c2ccc(OC)cc2)c1O. The van der Waals surface area contributed by atoms with Crippen LogP contribution in [-0.4, -0.2) is 32.4 Å². The van der Waals surface area contributed by atoms with Gasteiger partial charge in [0.1, 0.15) is 22.8 Å². The summed E-state index contributed by atoms with van der Waals surface area (Å²) in [5.41, 5.74) is 3.19. The average molecular weight is 404 g/mol. The van der Waals surface area contributed by atoms with Gasteiger partial charge in [-0.2, -0.15) is 0 Å². The predicted octanol–water partition coefficient (Wildman–Crippen LogP) is 5.12. The summed E-state index contributed by atoms with van der Waals surface area (Å²) >= 11 is 0. The average Bonchev–Trinajstić information content (AvgIpc) is 2.80. The van der Waals surface area contributed by atoms with Gasteiger partial charge in [0, 0.05) is 0 Å². The minimum absolute atomic E-state index is 0.0745. The smallest absolute Gasteiger partial charge is 0.342 e. The molecule has 0 aliphatic heterocycles. The van der Waals surface area contributed by atoms with Crippen LogP contribution in [0.25, 0.3) is 17.2 Å². The fourth-order valence-electron chi connectivity index (χ4n) is 3.16. The lowest BCUT2D eigenvalue weighted by Crippen LogP contribution is -2.05. The van der Waals surface area contributed by atoms with Gasteiger partial charge in [0.05, 0.1) is 21.3 Å². The number of phenolic OH excluding ortho intramolecular Hbond substituents is 1. The minimum Gasteiger partial charge on any atom is -0.507 e. The van der Waals surface area contributed by atoms with E-state index in [1.54, 1.807) is 26.4 Å². The Morgan fingerprint density at radius 1 is 0.867 bits per heavy atom. The Bertz CT molecular complexity index is 1030. The van der Waals surface area contributed by atoms with Crippen LogP contribution in [0, 0.1) is 0 Å². The molecule has 0 atom stereocenters. The summed E-state index contributed by atoms with van der Waals surface area (Å²) in [7, 11) is 4.52. The third-order valence-corrected chi connectivity index (χ3v) is 4.82. The zero-order chi connectivity index (χ0) is 21.5. The number of phenols is 1. The van der Waals surface area contributed by atoms with Crippen LogP contribution in [0.15, 0.2) is 66.7 Å². The van der Waals surface area contributed by atoms with Crippen LogP contribution in [0.5, 0.6) is 17.2 Å². The zero-order valence-electron chi connectivity index (χ0n) is 17.2. The molecular formula is C25H24O5. The fourth-order valence-corrected chi connectivity index (χ4v) is 3.16. The maximum atomic E-state index is 12.4. The second-order valence-corrected chi connectivity index (χ2v) is 6.60. The van der Waals surface area contributed by atoms with Gasteiger partial charge < -0.3 is 19.3 Å². The van der Waals surface area contributed by atoms with E-state index in [2.05, 4.69) is 0 Å². The summed E-state index contributed by atoms with van der Waals surface area (Å²) < 4.78 is 15.3. The molecule has 1 N–H and O–H groups in total. The molecule has 0 radical (unpaired) electrons. The topological polar surface area (TPSA) is 65.0 Å². The van der Waals surface area contributed by atoms with E-state index in [9.17, 15) is 9.90 Å². The van der Waals surface area contributed by atoms with Crippen LogP contribution < -0.4 is 9.47 Å².